The van der Waals surface area contributed by atoms with Crippen LogP contribution >= 0.6 is 22.9 Å². The molecule has 0 unspecified atom stereocenters. The van der Waals surface area contributed by atoms with Gasteiger partial charge >= 0.3 is 0 Å². The van der Waals surface area contributed by atoms with E-state index in [0.717, 1.165) is 21.5 Å². The fourth-order valence-electron chi connectivity index (χ4n) is 2.71. The molecular formula is C20H15ClN2O2S. The second-order valence-corrected chi connectivity index (χ2v) is 7.68. The number of aromatic nitrogens is 1. The fraction of sp³-hybridized carbons (Fsp3) is 0.100. The maximum atomic E-state index is 12.5. The van der Waals surface area contributed by atoms with Gasteiger partial charge in [0.25, 0.3) is 5.91 Å². The molecule has 26 heavy (non-hydrogen) atoms. The van der Waals surface area contributed by atoms with Crippen molar-refractivity contribution in [2.45, 2.75) is 13.8 Å². The minimum atomic E-state index is -0.332. The molecule has 0 spiro atoms. The first-order valence-corrected chi connectivity index (χ1v) is 9.24. The Balaban J connectivity index is 1.59. The van der Waals surface area contributed by atoms with Crippen LogP contribution in [-0.2, 0) is 0 Å². The molecule has 4 nitrogen and oxygen atoms in total. The normalized spacial score (nSPS) is 11.0. The maximum absolute atomic E-state index is 12.5. The Labute approximate surface area is 159 Å². The number of fused-ring (bicyclic) bond motifs is 1. The number of carbonyl (C=O) groups is 1. The van der Waals surface area contributed by atoms with Crippen LogP contribution in [0.1, 0.15) is 21.0 Å². The van der Waals surface area contributed by atoms with Gasteiger partial charge in [-0.1, -0.05) is 41.4 Å². The quantitative estimate of drug-likeness (QED) is 0.467. The van der Waals surface area contributed by atoms with Crippen LogP contribution in [-0.4, -0.2) is 10.9 Å². The van der Waals surface area contributed by atoms with Gasteiger partial charge in [0.15, 0.2) is 10.9 Å². The monoisotopic (exact) mass is 382 g/mol. The third-order valence-corrected chi connectivity index (χ3v) is 5.17. The fourth-order valence-corrected chi connectivity index (χ4v) is 3.73. The van der Waals surface area contributed by atoms with E-state index in [-0.39, 0.29) is 11.7 Å². The Morgan fingerprint density at radius 2 is 1.88 bits per heavy atom. The molecule has 0 atom stereocenters. The van der Waals surface area contributed by atoms with Crippen molar-refractivity contribution in [3.8, 4) is 11.3 Å². The molecule has 0 aliphatic heterocycles. The summed E-state index contributed by atoms with van der Waals surface area (Å²) in [7, 11) is 0. The van der Waals surface area contributed by atoms with Gasteiger partial charge in [0.2, 0.25) is 0 Å². The number of thiazole rings is 1. The van der Waals surface area contributed by atoms with E-state index in [2.05, 4.69) is 10.3 Å². The first-order valence-electron chi connectivity index (χ1n) is 8.04. The van der Waals surface area contributed by atoms with Gasteiger partial charge < -0.3 is 4.42 Å². The van der Waals surface area contributed by atoms with Crippen LogP contribution in [0.4, 0.5) is 5.13 Å². The summed E-state index contributed by atoms with van der Waals surface area (Å²) in [6, 6.07) is 15.1. The second-order valence-electron chi connectivity index (χ2n) is 6.04. The number of halogens is 1. The van der Waals surface area contributed by atoms with E-state index in [1.54, 1.807) is 24.3 Å². The molecular weight excluding hydrogens is 368 g/mol. The number of anilines is 1. The number of benzene rings is 2. The standard InChI is InChI=1S/C20H15ClN2O2S/c1-11-3-5-13(6-4-11)18-12(2)26-20(22-18)23-19(24)17-10-14-9-15(21)7-8-16(14)25-17/h3-10H,1-2H3,(H,22,23,24). The summed E-state index contributed by atoms with van der Waals surface area (Å²) in [6.07, 6.45) is 0. The summed E-state index contributed by atoms with van der Waals surface area (Å²) in [4.78, 5) is 18.1. The van der Waals surface area contributed by atoms with E-state index in [4.69, 9.17) is 16.0 Å². The number of nitrogens with one attached hydrogen (secondary N) is 1. The number of amides is 1. The molecule has 2 aromatic carbocycles. The lowest BCUT2D eigenvalue weighted by Gasteiger charge is -1.99. The molecule has 6 heteroatoms. The van der Waals surface area contributed by atoms with Crippen molar-refractivity contribution in [2.24, 2.45) is 0 Å². The van der Waals surface area contributed by atoms with Gasteiger partial charge in [-0.15, -0.1) is 11.3 Å². The zero-order valence-corrected chi connectivity index (χ0v) is 15.7. The summed E-state index contributed by atoms with van der Waals surface area (Å²) in [5, 5.41) is 4.75. The highest BCUT2D eigenvalue weighted by molar-refractivity contribution is 7.16. The Morgan fingerprint density at radius 1 is 1.12 bits per heavy atom. The van der Waals surface area contributed by atoms with Crippen molar-refractivity contribution in [3.05, 3.63) is 69.8 Å². The number of hydrogen-bond acceptors (Lipinski definition) is 4. The number of aryl methyl sites for hydroxylation is 2. The first kappa shape index (κ1) is 16.8. The molecule has 0 bridgehead atoms. The van der Waals surface area contributed by atoms with E-state index in [1.165, 1.54) is 16.9 Å². The number of rotatable bonds is 3. The molecule has 130 valence electrons. The van der Waals surface area contributed by atoms with Crippen molar-refractivity contribution in [1.29, 1.82) is 0 Å². The summed E-state index contributed by atoms with van der Waals surface area (Å²) < 4.78 is 5.60. The summed E-state index contributed by atoms with van der Waals surface area (Å²) in [6.45, 7) is 4.04. The molecule has 2 heterocycles. The zero-order chi connectivity index (χ0) is 18.3. The van der Waals surface area contributed by atoms with Gasteiger partial charge in [-0.25, -0.2) is 4.98 Å². The van der Waals surface area contributed by atoms with E-state index in [1.807, 2.05) is 38.1 Å². The smallest absolute Gasteiger partial charge is 0.293 e. The van der Waals surface area contributed by atoms with Crippen LogP contribution in [0.25, 0.3) is 22.2 Å². The number of carbonyl (C=O) groups excluding carboxylic acids is 1. The van der Waals surface area contributed by atoms with Gasteiger partial charge in [-0.05, 0) is 38.1 Å². The van der Waals surface area contributed by atoms with Gasteiger partial charge in [0, 0.05) is 20.8 Å². The molecule has 4 rings (SSSR count). The van der Waals surface area contributed by atoms with Crippen molar-refractivity contribution >= 4 is 44.9 Å². The van der Waals surface area contributed by atoms with Crippen LogP contribution in [0, 0.1) is 13.8 Å². The molecule has 0 saturated carbocycles. The average molecular weight is 383 g/mol. The van der Waals surface area contributed by atoms with E-state index >= 15 is 0 Å². The SMILES string of the molecule is Cc1ccc(-c2nc(NC(=O)c3cc4cc(Cl)ccc4o3)sc2C)cc1. The second kappa shape index (κ2) is 6.59. The molecule has 0 fully saturated rings. The Morgan fingerprint density at radius 3 is 2.65 bits per heavy atom. The van der Waals surface area contributed by atoms with Crippen LogP contribution in [0.15, 0.2) is 52.9 Å². The third-order valence-electron chi connectivity index (χ3n) is 4.04. The lowest BCUT2D eigenvalue weighted by atomic mass is 10.1. The lowest BCUT2D eigenvalue weighted by Crippen LogP contribution is -2.10. The van der Waals surface area contributed by atoms with Gasteiger partial charge in [-0.3, -0.25) is 10.1 Å². The molecule has 0 aliphatic rings. The van der Waals surface area contributed by atoms with Crippen molar-refractivity contribution in [1.82, 2.24) is 4.98 Å². The van der Waals surface area contributed by atoms with Crippen LogP contribution in [0.3, 0.4) is 0 Å². The molecule has 0 saturated heterocycles. The highest BCUT2D eigenvalue weighted by Gasteiger charge is 2.16. The Bertz CT molecular complexity index is 1110. The summed E-state index contributed by atoms with van der Waals surface area (Å²) in [5.74, 6) is -0.103. The minimum absolute atomic E-state index is 0.229. The Hall–Kier alpha value is -2.63. The van der Waals surface area contributed by atoms with Crippen LogP contribution < -0.4 is 5.32 Å². The summed E-state index contributed by atoms with van der Waals surface area (Å²) >= 11 is 7.41. The molecule has 4 aromatic rings. The first-order chi connectivity index (χ1) is 12.5. The highest BCUT2D eigenvalue weighted by Crippen LogP contribution is 2.31. The van der Waals surface area contributed by atoms with Gasteiger partial charge in [-0.2, -0.15) is 0 Å². The molecule has 1 amide bonds. The third kappa shape index (κ3) is 3.23. The van der Waals surface area contributed by atoms with Crippen molar-refractivity contribution < 1.29 is 9.21 Å². The predicted octanol–water partition coefficient (Wildman–Crippen LogP) is 6.08. The maximum Gasteiger partial charge on any atom is 0.293 e. The topological polar surface area (TPSA) is 55.1 Å². The predicted molar refractivity (Wildman–Crippen MR) is 106 cm³/mol. The minimum Gasteiger partial charge on any atom is -0.451 e. The highest BCUT2D eigenvalue weighted by atomic mass is 35.5. The number of hydrogen-bond donors (Lipinski definition) is 1. The summed E-state index contributed by atoms with van der Waals surface area (Å²) in [5.41, 5.74) is 3.72. The van der Waals surface area contributed by atoms with E-state index in [9.17, 15) is 4.79 Å². The lowest BCUT2D eigenvalue weighted by molar-refractivity contribution is 0.0998. The molecule has 0 aliphatic carbocycles. The van der Waals surface area contributed by atoms with Crippen LogP contribution in [0.5, 0.6) is 0 Å². The van der Waals surface area contributed by atoms with E-state index < -0.39 is 0 Å². The molecule has 2 aromatic heterocycles. The molecule has 0 radical (unpaired) electrons. The van der Waals surface area contributed by atoms with Gasteiger partial charge in [0.1, 0.15) is 5.58 Å². The number of nitrogens with zero attached hydrogens (tertiary/aromatic N) is 1. The van der Waals surface area contributed by atoms with E-state index in [0.29, 0.717) is 15.7 Å². The Kier molecular flexibility index (Phi) is 4.26. The zero-order valence-electron chi connectivity index (χ0n) is 14.2. The molecule has 1 N–H and O–H groups in total. The van der Waals surface area contributed by atoms with Crippen LogP contribution in [0.2, 0.25) is 5.02 Å². The largest absolute Gasteiger partial charge is 0.451 e. The average Bonchev–Trinajstić information content (AvgIpc) is 3.18. The van der Waals surface area contributed by atoms with Gasteiger partial charge in [0.05, 0.1) is 5.69 Å². The van der Waals surface area contributed by atoms with Crippen molar-refractivity contribution in [2.75, 3.05) is 5.32 Å². The number of furan rings is 1. The van der Waals surface area contributed by atoms with Crippen molar-refractivity contribution in [3.63, 3.8) is 0 Å².